The highest BCUT2D eigenvalue weighted by Gasteiger charge is 2.28. The Morgan fingerprint density at radius 1 is 1.50 bits per heavy atom. The standard InChI is InChI=1S/C11H19NOS/c1-9-3-4-10(8-12)11(7-9)14-6-5-13-2/h9-11H,3-7H2,1-2H3. The predicted octanol–water partition coefficient (Wildman–Crippen LogP) is 2.69. The highest BCUT2D eigenvalue weighted by Crippen LogP contribution is 2.35. The molecule has 2 nitrogen and oxygen atoms in total. The number of methoxy groups -OCH3 is 1. The van der Waals surface area contributed by atoms with Gasteiger partial charge in [0.15, 0.2) is 0 Å². The third-order valence-corrected chi connectivity index (χ3v) is 4.19. The summed E-state index contributed by atoms with van der Waals surface area (Å²) in [5.74, 6) is 2.08. The van der Waals surface area contributed by atoms with Crippen molar-refractivity contribution in [1.82, 2.24) is 0 Å². The maximum atomic E-state index is 9.01. The van der Waals surface area contributed by atoms with Gasteiger partial charge in [-0.15, -0.1) is 0 Å². The Hall–Kier alpha value is -0.200. The minimum atomic E-state index is 0.271. The molecule has 80 valence electrons. The fourth-order valence-corrected chi connectivity index (χ4v) is 3.40. The summed E-state index contributed by atoms with van der Waals surface area (Å²) < 4.78 is 5.02. The molecular weight excluding hydrogens is 194 g/mol. The van der Waals surface area contributed by atoms with Gasteiger partial charge in [0.25, 0.3) is 0 Å². The lowest BCUT2D eigenvalue weighted by Crippen LogP contribution is -2.25. The van der Waals surface area contributed by atoms with Crippen molar-refractivity contribution in [2.75, 3.05) is 19.5 Å². The highest BCUT2D eigenvalue weighted by atomic mass is 32.2. The second-order valence-corrected chi connectivity index (χ2v) is 5.40. The molecule has 0 aliphatic heterocycles. The van der Waals surface area contributed by atoms with E-state index in [-0.39, 0.29) is 5.92 Å². The molecule has 1 rings (SSSR count). The van der Waals surface area contributed by atoms with Crippen LogP contribution >= 0.6 is 11.8 Å². The molecule has 0 amide bonds. The van der Waals surface area contributed by atoms with E-state index >= 15 is 0 Å². The Bertz CT molecular complexity index is 202. The van der Waals surface area contributed by atoms with E-state index in [4.69, 9.17) is 10.00 Å². The van der Waals surface area contributed by atoms with Crippen LogP contribution in [0, 0.1) is 23.2 Å². The van der Waals surface area contributed by atoms with Gasteiger partial charge in [-0.25, -0.2) is 0 Å². The number of ether oxygens (including phenoxy) is 1. The fourth-order valence-electron chi connectivity index (χ4n) is 1.94. The number of thioether (sulfide) groups is 1. The van der Waals surface area contributed by atoms with Crippen molar-refractivity contribution < 1.29 is 4.74 Å². The molecule has 1 fully saturated rings. The number of hydrogen-bond acceptors (Lipinski definition) is 3. The molecular formula is C11H19NOS. The Balaban J connectivity index is 2.34. The SMILES string of the molecule is COCCSC1CC(C)CCC1C#N. The number of nitrogens with zero attached hydrogens (tertiary/aromatic N) is 1. The summed E-state index contributed by atoms with van der Waals surface area (Å²) in [6.45, 7) is 3.09. The lowest BCUT2D eigenvalue weighted by Gasteiger charge is -2.30. The maximum absolute atomic E-state index is 9.01. The summed E-state index contributed by atoms with van der Waals surface area (Å²) in [5, 5.41) is 9.55. The second kappa shape index (κ2) is 6.31. The Morgan fingerprint density at radius 3 is 2.93 bits per heavy atom. The van der Waals surface area contributed by atoms with Gasteiger partial charge in [-0.05, 0) is 25.2 Å². The summed E-state index contributed by atoms with van der Waals surface area (Å²) in [4.78, 5) is 0. The van der Waals surface area contributed by atoms with Crippen molar-refractivity contribution >= 4 is 11.8 Å². The fraction of sp³-hybridized carbons (Fsp3) is 0.909. The smallest absolute Gasteiger partial charge is 0.0667 e. The van der Waals surface area contributed by atoms with Crippen LogP contribution in [0.1, 0.15) is 26.2 Å². The van der Waals surface area contributed by atoms with Crippen LogP contribution < -0.4 is 0 Å². The lowest BCUT2D eigenvalue weighted by atomic mass is 9.83. The normalized spacial score (nSPS) is 32.5. The monoisotopic (exact) mass is 213 g/mol. The molecule has 3 heteroatoms. The lowest BCUT2D eigenvalue weighted by molar-refractivity contribution is 0.218. The van der Waals surface area contributed by atoms with Crippen molar-refractivity contribution in [2.24, 2.45) is 11.8 Å². The quantitative estimate of drug-likeness (QED) is 0.673. The van der Waals surface area contributed by atoms with Gasteiger partial charge >= 0.3 is 0 Å². The number of rotatable bonds is 4. The largest absolute Gasteiger partial charge is 0.384 e. The van der Waals surface area contributed by atoms with Gasteiger partial charge in [-0.3, -0.25) is 0 Å². The average molecular weight is 213 g/mol. The van der Waals surface area contributed by atoms with Crippen LogP contribution in [-0.2, 0) is 4.74 Å². The van der Waals surface area contributed by atoms with Gasteiger partial charge in [0.1, 0.15) is 0 Å². The molecule has 3 unspecified atom stereocenters. The summed E-state index contributed by atoms with van der Waals surface area (Å²) in [6, 6.07) is 2.44. The van der Waals surface area contributed by atoms with Crippen LogP contribution in [0.2, 0.25) is 0 Å². The molecule has 0 N–H and O–H groups in total. The first-order valence-corrected chi connectivity index (χ1v) is 6.33. The highest BCUT2D eigenvalue weighted by molar-refractivity contribution is 7.99. The van der Waals surface area contributed by atoms with Gasteiger partial charge in [-0.2, -0.15) is 17.0 Å². The molecule has 0 bridgehead atoms. The van der Waals surface area contributed by atoms with Crippen LogP contribution in [-0.4, -0.2) is 24.7 Å². The minimum Gasteiger partial charge on any atom is -0.384 e. The second-order valence-electron chi connectivity index (χ2n) is 4.06. The molecule has 0 spiro atoms. The van der Waals surface area contributed by atoms with E-state index in [1.54, 1.807) is 7.11 Å². The van der Waals surface area contributed by atoms with Gasteiger partial charge in [0.05, 0.1) is 18.6 Å². The molecule has 14 heavy (non-hydrogen) atoms. The van der Waals surface area contributed by atoms with E-state index in [9.17, 15) is 0 Å². The van der Waals surface area contributed by atoms with Gasteiger partial charge < -0.3 is 4.74 Å². The molecule has 0 aromatic carbocycles. The third kappa shape index (κ3) is 3.51. The summed E-state index contributed by atoms with van der Waals surface area (Å²) in [7, 11) is 1.73. The summed E-state index contributed by atoms with van der Waals surface area (Å²) in [6.07, 6.45) is 3.51. The topological polar surface area (TPSA) is 33.0 Å². The zero-order valence-corrected chi connectivity index (χ0v) is 9.85. The van der Waals surface area contributed by atoms with E-state index in [1.165, 1.54) is 12.8 Å². The molecule has 0 heterocycles. The molecule has 1 aliphatic carbocycles. The maximum Gasteiger partial charge on any atom is 0.0667 e. The van der Waals surface area contributed by atoms with E-state index in [0.29, 0.717) is 5.25 Å². The minimum absolute atomic E-state index is 0.271. The van der Waals surface area contributed by atoms with Crippen molar-refractivity contribution in [3.8, 4) is 6.07 Å². The third-order valence-electron chi connectivity index (χ3n) is 2.84. The molecule has 0 aromatic rings. The van der Waals surface area contributed by atoms with Gasteiger partial charge in [-0.1, -0.05) is 6.92 Å². The van der Waals surface area contributed by atoms with Crippen LogP contribution in [0.25, 0.3) is 0 Å². The van der Waals surface area contributed by atoms with Crippen molar-refractivity contribution in [2.45, 2.75) is 31.4 Å². The average Bonchev–Trinajstić information content (AvgIpc) is 2.19. The van der Waals surface area contributed by atoms with E-state index < -0.39 is 0 Å². The first kappa shape index (κ1) is 11.9. The zero-order valence-electron chi connectivity index (χ0n) is 9.03. The van der Waals surface area contributed by atoms with E-state index in [1.807, 2.05) is 11.8 Å². The molecule has 0 radical (unpaired) electrons. The number of nitriles is 1. The summed E-state index contributed by atoms with van der Waals surface area (Å²) in [5.41, 5.74) is 0. The Kier molecular flexibility index (Phi) is 5.36. The molecule has 0 aromatic heterocycles. The van der Waals surface area contributed by atoms with Crippen LogP contribution in [0.4, 0.5) is 0 Å². The first-order chi connectivity index (χ1) is 6.77. The van der Waals surface area contributed by atoms with Gasteiger partial charge in [0, 0.05) is 18.1 Å². The van der Waals surface area contributed by atoms with Crippen molar-refractivity contribution in [3.05, 3.63) is 0 Å². The number of hydrogen-bond donors (Lipinski definition) is 0. The molecule has 0 saturated heterocycles. The van der Waals surface area contributed by atoms with Gasteiger partial charge in [0.2, 0.25) is 0 Å². The molecule has 1 aliphatic rings. The molecule has 3 atom stereocenters. The molecule has 1 saturated carbocycles. The van der Waals surface area contributed by atoms with Crippen molar-refractivity contribution in [3.63, 3.8) is 0 Å². The van der Waals surface area contributed by atoms with E-state index in [0.717, 1.165) is 24.7 Å². The summed E-state index contributed by atoms with van der Waals surface area (Å²) >= 11 is 1.91. The predicted molar refractivity (Wildman–Crippen MR) is 60.2 cm³/mol. The van der Waals surface area contributed by atoms with E-state index in [2.05, 4.69) is 13.0 Å². The van der Waals surface area contributed by atoms with Crippen molar-refractivity contribution in [1.29, 1.82) is 5.26 Å². The van der Waals surface area contributed by atoms with Crippen LogP contribution in [0.3, 0.4) is 0 Å². The Labute approximate surface area is 91.0 Å². The zero-order chi connectivity index (χ0) is 10.4. The van der Waals surface area contributed by atoms with Crippen LogP contribution in [0.5, 0.6) is 0 Å². The van der Waals surface area contributed by atoms with Crippen LogP contribution in [0.15, 0.2) is 0 Å². The Morgan fingerprint density at radius 2 is 2.29 bits per heavy atom. The first-order valence-electron chi connectivity index (χ1n) is 5.28.